The first-order chi connectivity index (χ1) is 9.38. The summed E-state index contributed by atoms with van der Waals surface area (Å²) in [5.74, 6) is 1.49. The molecule has 3 atom stereocenters. The third kappa shape index (κ3) is 2.85. The summed E-state index contributed by atoms with van der Waals surface area (Å²) < 4.78 is 5.58. The molecule has 2 heteroatoms. The van der Waals surface area contributed by atoms with E-state index in [4.69, 9.17) is 4.74 Å². The van der Waals surface area contributed by atoms with Gasteiger partial charge in [0.2, 0.25) is 0 Å². The van der Waals surface area contributed by atoms with Crippen LogP contribution in [-0.2, 0) is 11.2 Å². The summed E-state index contributed by atoms with van der Waals surface area (Å²) in [6.45, 7) is 5.29. The van der Waals surface area contributed by atoms with E-state index in [9.17, 15) is 0 Å². The summed E-state index contributed by atoms with van der Waals surface area (Å²) in [5, 5.41) is 3.76. The Morgan fingerprint density at radius 2 is 2.26 bits per heavy atom. The fourth-order valence-electron chi connectivity index (χ4n) is 3.52. The Morgan fingerprint density at radius 3 is 3.00 bits per heavy atom. The zero-order valence-electron chi connectivity index (χ0n) is 11.9. The van der Waals surface area contributed by atoms with Crippen molar-refractivity contribution in [2.24, 2.45) is 5.92 Å². The number of nitrogens with one attached hydrogen (secondary N) is 1. The van der Waals surface area contributed by atoms with Gasteiger partial charge in [-0.2, -0.15) is 0 Å². The molecular formula is C17H25NO. The molecule has 2 aliphatic rings. The van der Waals surface area contributed by atoms with Crippen LogP contribution in [0.25, 0.3) is 0 Å². The predicted molar refractivity (Wildman–Crippen MR) is 78.5 cm³/mol. The first kappa shape index (κ1) is 13.1. The molecular weight excluding hydrogens is 234 g/mol. The third-order valence-electron chi connectivity index (χ3n) is 4.69. The molecule has 1 aromatic carbocycles. The molecule has 0 bridgehead atoms. The lowest BCUT2D eigenvalue weighted by atomic mass is 9.73. The van der Waals surface area contributed by atoms with Crippen LogP contribution in [0.3, 0.4) is 0 Å². The van der Waals surface area contributed by atoms with E-state index in [1.165, 1.54) is 25.7 Å². The summed E-state index contributed by atoms with van der Waals surface area (Å²) in [5.41, 5.74) is 3.15. The molecule has 1 fully saturated rings. The Kier molecular flexibility index (Phi) is 4.19. The summed E-state index contributed by atoms with van der Waals surface area (Å²) in [4.78, 5) is 0. The highest BCUT2D eigenvalue weighted by Crippen LogP contribution is 2.39. The second-order valence-electron chi connectivity index (χ2n) is 6.02. The highest BCUT2D eigenvalue weighted by atomic mass is 16.5. The minimum Gasteiger partial charge on any atom is -0.381 e. The summed E-state index contributed by atoms with van der Waals surface area (Å²) >= 11 is 0. The molecule has 0 radical (unpaired) electrons. The van der Waals surface area contributed by atoms with E-state index >= 15 is 0 Å². The van der Waals surface area contributed by atoms with Crippen LogP contribution in [0, 0.1) is 5.92 Å². The van der Waals surface area contributed by atoms with E-state index in [0.29, 0.717) is 6.04 Å². The first-order valence-corrected chi connectivity index (χ1v) is 7.77. The van der Waals surface area contributed by atoms with Crippen LogP contribution in [0.15, 0.2) is 24.3 Å². The third-order valence-corrected chi connectivity index (χ3v) is 4.69. The van der Waals surface area contributed by atoms with Crippen molar-refractivity contribution in [3.8, 4) is 0 Å². The van der Waals surface area contributed by atoms with Gasteiger partial charge < -0.3 is 10.1 Å². The molecule has 3 unspecified atom stereocenters. The smallest absolute Gasteiger partial charge is 0.0510 e. The van der Waals surface area contributed by atoms with Gasteiger partial charge in [0.1, 0.15) is 0 Å². The predicted octanol–water partition coefficient (Wildman–Crippen LogP) is 3.12. The Hall–Kier alpha value is -0.860. The molecule has 1 aromatic rings. The molecule has 0 amide bonds. The molecule has 3 rings (SSSR count). The van der Waals surface area contributed by atoms with Crippen molar-refractivity contribution in [2.45, 2.75) is 44.6 Å². The van der Waals surface area contributed by atoms with Crippen LogP contribution in [-0.4, -0.2) is 25.8 Å². The molecule has 1 N–H and O–H groups in total. The molecule has 1 heterocycles. The minimum atomic E-state index is 0.640. The molecule has 0 aromatic heterocycles. The van der Waals surface area contributed by atoms with E-state index in [2.05, 4.69) is 36.5 Å². The summed E-state index contributed by atoms with van der Waals surface area (Å²) in [7, 11) is 0. The molecule has 1 saturated heterocycles. The van der Waals surface area contributed by atoms with Crippen LogP contribution in [0.5, 0.6) is 0 Å². The van der Waals surface area contributed by atoms with Gasteiger partial charge in [0.25, 0.3) is 0 Å². The van der Waals surface area contributed by atoms with Crippen molar-refractivity contribution in [3.05, 3.63) is 35.4 Å². The fraction of sp³-hybridized carbons (Fsp3) is 0.647. The van der Waals surface area contributed by atoms with Gasteiger partial charge in [-0.25, -0.2) is 0 Å². The minimum absolute atomic E-state index is 0.640. The normalized spacial score (nSPS) is 26.8. The van der Waals surface area contributed by atoms with Gasteiger partial charge in [-0.1, -0.05) is 31.2 Å². The lowest BCUT2D eigenvalue weighted by Crippen LogP contribution is -2.39. The van der Waals surface area contributed by atoms with Crippen molar-refractivity contribution < 1.29 is 4.74 Å². The van der Waals surface area contributed by atoms with Gasteiger partial charge >= 0.3 is 0 Å². The summed E-state index contributed by atoms with van der Waals surface area (Å²) in [6.07, 6.45) is 5.00. The SMILES string of the molecule is CCCNC(CC1Cc2ccccc21)C1CCOC1. The van der Waals surface area contributed by atoms with Crippen molar-refractivity contribution in [3.63, 3.8) is 0 Å². The quantitative estimate of drug-likeness (QED) is 0.847. The van der Waals surface area contributed by atoms with Crippen LogP contribution >= 0.6 is 0 Å². The Balaban J connectivity index is 1.62. The maximum atomic E-state index is 5.58. The highest BCUT2D eigenvalue weighted by molar-refractivity contribution is 5.39. The largest absolute Gasteiger partial charge is 0.381 e. The second kappa shape index (κ2) is 6.06. The lowest BCUT2D eigenvalue weighted by Gasteiger charge is -2.35. The molecule has 2 nitrogen and oxygen atoms in total. The van der Waals surface area contributed by atoms with Gasteiger partial charge in [0.15, 0.2) is 0 Å². The maximum absolute atomic E-state index is 5.58. The average Bonchev–Trinajstić information content (AvgIpc) is 2.93. The number of fused-ring (bicyclic) bond motifs is 1. The Bertz CT molecular complexity index is 411. The summed E-state index contributed by atoms with van der Waals surface area (Å²) in [6, 6.07) is 9.57. The van der Waals surface area contributed by atoms with Crippen LogP contribution < -0.4 is 5.32 Å². The molecule has 19 heavy (non-hydrogen) atoms. The van der Waals surface area contributed by atoms with Crippen LogP contribution in [0.2, 0.25) is 0 Å². The zero-order valence-corrected chi connectivity index (χ0v) is 11.9. The Morgan fingerprint density at radius 1 is 1.37 bits per heavy atom. The van der Waals surface area contributed by atoms with Gasteiger partial charge in [-0.05, 0) is 55.2 Å². The first-order valence-electron chi connectivity index (χ1n) is 7.77. The van der Waals surface area contributed by atoms with Crippen LogP contribution in [0.4, 0.5) is 0 Å². The highest BCUT2D eigenvalue weighted by Gasteiger charge is 2.32. The van der Waals surface area contributed by atoms with Crippen molar-refractivity contribution in [1.82, 2.24) is 5.32 Å². The monoisotopic (exact) mass is 259 g/mol. The lowest BCUT2D eigenvalue weighted by molar-refractivity contribution is 0.173. The average molecular weight is 259 g/mol. The molecule has 1 aliphatic heterocycles. The number of benzene rings is 1. The molecule has 0 spiro atoms. The standard InChI is InChI=1S/C17H25NO/c1-2-8-18-17(14-7-9-19-12-14)11-15-10-13-5-3-4-6-16(13)15/h3-6,14-15,17-18H,2,7-12H2,1H3. The number of rotatable bonds is 6. The molecule has 104 valence electrons. The Labute approximate surface area is 116 Å². The maximum Gasteiger partial charge on any atom is 0.0510 e. The van der Waals surface area contributed by atoms with Crippen molar-refractivity contribution in [1.29, 1.82) is 0 Å². The van der Waals surface area contributed by atoms with E-state index in [1.807, 2.05) is 0 Å². The van der Waals surface area contributed by atoms with E-state index in [0.717, 1.165) is 31.6 Å². The zero-order chi connectivity index (χ0) is 13.1. The van der Waals surface area contributed by atoms with Gasteiger partial charge in [-0.3, -0.25) is 0 Å². The molecule has 0 saturated carbocycles. The van der Waals surface area contributed by atoms with Gasteiger partial charge in [0, 0.05) is 12.6 Å². The number of hydrogen-bond donors (Lipinski definition) is 1. The van der Waals surface area contributed by atoms with Crippen molar-refractivity contribution in [2.75, 3.05) is 19.8 Å². The van der Waals surface area contributed by atoms with Crippen molar-refractivity contribution >= 4 is 0 Å². The molecule has 1 aliphatic carbocycles. The van der Waals surface area contributed by atoms with E-state index < -0.39 is 0 Å². The van der Waals surface area contributed by atoms with Gasteiger partial charge in [-0.15, -0.1) is 0 Å². The number of hydrogen-bond acceptors (Lipinski definition) is 2. The second-order valence-corrected chi connectivity index (χ2v) is 6.02. The topological polar surface area (TPSA) is 21.3 Å². The number of ether oxygens (including phenoxy) is 1. The fourth-order valence-corrected chi connectivity index (χ4v) is 3.52. The van der Waals surface area contributed by atoms with E-state index in [1.54, 1.807) is 11.1 Å². The van der Waals surface area contributed by atoms with Gasteiger partial charge in [0.05, 0.1) is 6.61 Å². The van der Waals surface area contributed by atoms with E-state index in [-0.39, 0.29) is 0 Å². The van der Waals surface area contributed by atoms with Crippen LogP contribution in [0.1, 0.15) is 43.2 Å².